The quantitative estimate of drug-likeness (QED) is 0.0272. The number of hydrogen-bond donors (Lipinski definition) is 2. The first-order chi connectivity index (χ1) is 32.5. The summed E-state index contributed by atoms with van der Waals surface area (Å²) in [5, 5.41) is 13.8. The van der Waals surface area contributed by atoms with E-state index in [-0.39, 0.29) is 12.5 Å². The summed E-state index contributed by atoms with van der Waals surface area (Å²) in [6.45, 7) is 4.64. The molecule has 0 spiro atoms. The number of unbranched alkanes of at least 4 members (excludes halogenated alkanes) is 33. The van der Waals surface area contributed by atoms with Gasteiger partial charge in [0.15, 0.2) is 0 Å². The van der Waals surface area contributed by atoms with Crippen molar-refractivity contribution >= 4 is 13.7 Å². The van der Waals surface area contributed by atoms with Crippen LogP contribution in [-0.4, -0.2) is 68.5 Å². The predicted octanol–water partition coefficient (Wildman–Crippen LogP) is 16.5. The van der Waals surface area contributed by atoms with Gasteiger partial charge in [-0.1, -0.05) is 236 Å². The van der Waals surface area contributed by atoms with Crippen LogP contribution < -0.4 is 10.2 Å². The highest BCUT2D eigenvalue weighted by molar-refractivity contribution is 7.45. The topological polar surface area (TPSA) is 108 Å². The van der Waals surface area contributed by atoms with Crippen molar-refractivity contribution < 1.29 is 32.9 Å². The molecule has 0 radical (unpaired) electrons. The molecule has 8 nitrogen and oxygen atoms in total. The Bertz CT molecular complexity index is 1230. The number of rotatable bonds is 52. The number of aliphatic hydroxyl groups is 1. The van der Waals surface area contributed by atoms with Gasteiger partial charge >= 0.3 is 0 Å². The van der Waals surface area contributed by atoms with Crippen molar-refractivity contribution in [3.63, 3.8) is 0 Å². The summed E-state index contributed by atoms with van der Waals surface area (Å²) in [4.78, 5) is 25.5. The lowest BCUT2D eigenvalue weighted by Gasteiger charge is -2.29. The normalized spacial score (nSPS) is 14.3. The SMILES string of the molecule is CCCCCCCCCCC/C=C/CC/C=C/CC/C=C/C(O)C(COP(=O)([O-])OCC[N+](C)(C)C)NC(=O)CCCCCCCCCCCC/C=C\CCCCCCCCCCCCCC. The average Bonchev–Trinajstić information content (AvgIpc) is 3.29. The van der Waals surface area contributed by atoms with Crippen molar-refractivity contribution in [2.24, 2.45) is 0 Å². The van der Waals surface area contributed by atoms with Gasteiger partial charge in [-0.15, -0.1) is 0 Å². The standard InChI is InChI=1S/C58H111N2O6P/c1-6-8-10-12-14-16-18-20-22-24-26-27-28-29-30-31-32-34-36-38-40-42-44-46-48-50-52-58(62)59-56(55-66-67(63,64)65-54-53-60(3,4)5)57(61)51-49-47-45-43-41-39-37-35-33-25-23-21-19-17-15-13-11-9-7-2/h29-30,33,35,41,43,49,51,56-57,61H,6-28,31-32,34,36-40,42,44-48,50,52-55H2,1-5H3,(H-,59,62,63,64)/b30-29-,35-33+,43-41+,51-49+. The molecule has 0 saturated carbocycles. The number of phosphoric acid groups is 1. The van der Waals surface area contributed by atoms with Gasteiger partial charge in [-0.2, -0.15) is 0 Å². The summed E-state index contributed by atoms with van der Waals surface area (Å²) in [7, 11) is 1.24. The van der Waals surface area contributed by atoms with Crippen LogP contribution in [0.15, 0.2) is 48.6 Å². The number of nitrogens with one attached hydrogen (secondary N) is 1. The fourth-order valence-corrected chi connectivity index (χ4v) is 8.96. The molecule has 2 N–H and O–H groups in total. The second-order valence-corrected chi connectivity index (χ2v) is 22.0. The maximum absolute atomic E-state index is 13.0. The minimum atomic E-state index is -4.61. The fourth-order valence-electron chi connectivity index (χ4n) is 8.24. The van der Waals surface area contributed by atoms with E-state index in [1.54, 1.807) is 6.08 Å². The largest absolute Gasteiger partial charge is 0.756 e. The van der Waals surface area contributed by atoms with Crippen molar-refractivity contribution in [1.29, 1.82) is 0 Å². The third-order valence-electron chi connectivity index (χ3n) is 12.7. The molecule has 1 amide bonds. The third-order valence-corrected chi connectivity index (χ3v) is 13.7. The Balaban J connectivity index is 4.25. The van der Waals surface area contributed by atoms with Crippen molar-refractivity contribution in [2.75, 3.05) is 40.9 Å². The molecular weight excluding hydrogens is 852 g/mol. The molecule has 0 aliphatic carbocycles. The molecule has 0 rings (SSSR count). The first-order valence-electron chi connectivity index (χ1n) is 28.5. The Morgan fingerprint density at radius 1 is 0.507 bits per heavy atom. The van der Waals surface area contributed by atoms with E-state index in [0.717, 1.165) is 44.9 Å². The number of quaternary nitrogens is 1. The highest BCUT2D eigenvalue weighted by atomic mass is 31.2. The zero-order chi connectivity index (χ0) is 49.2. The van der Waals surface area contributed by atoms with Crippen LogP contribution in [0.5, 0.6) is 0 Å². The number of likely N-dealkylation sites (N-methyl/N-ethyl adjacent to an activating group) is 1. The van der Waals surface area contributed by atoms with Crippen LogP contribution in [0.3, 0.4) is 0 Å². The van der Waals surface area contributed by atoms with Gasteiger partial charge in [0, 0.05) is 6.42 Å². The monoisotopic (exact) mass is 963 g/mol. The number of nitrogens with zero attached hydrogens (tertiary/aromatic N) is 1. The van der Waals surface area contributed by atoms with Gasteiger partial charge in [0.05, 0.1) is 39.9 Å². The van der Waals surface area contributed by atoms with E-state index in [1.165, 1.54) is 199 Å². The Kier molecular flexibility index (Phi) is 48.3. The lowest BCUT2D eigenvalue weighted by molar-refractivity contribution is -0.870. The third kappa shape index (κ3) is 52.1. The lowest BCUT2D eigenvalue weighted by atomic mass is 10.0. The highest BCUT2D eigenvalue weighted by Gasteiger charge is 2.23. The molecular formula is C58H111N2O6P. The first-order valence-corrected chi connectivity index (χ1v) is 30.0. The van der Waals surface area contributed by atoms with Crippen molar-refractivity contribution in [1.82, 2.24) is 5.32 Å². The minimum absolute atomic E-state index is 0.00957. The van der Waals surface area contributed by atoms with Gasteiger partial charge in [-0.25, -0.2) is 0 Å². The van der Waals surface area contributed by atoms with Crippen molar-refractivity contribution in [3.8, 4) is 0 Å². The molecule has 0 saturated heterocycles. The van der Waals surface area contributed by atoms with Gasteiger partial charge in [-0.05, 0) is 70.6 Å². The fraction of sp³-hybridized carbons (Fsp3) is 0.845. The van der Waals surface area contributed by atoms with Gasteiger partial charge in [0.25, 0.3) is 7.82 Å². The van der Waals surface area contributed by atoms with Crippen LogP contribution in [0.1, 0.15) is 264 Å². The lowest BCUT2D eigenvalue weighted by Crippen LogP contribution is -2.45. The van der Waals surface area contributed by atoms with E-state index < -0.39 is 26.6 Å². The van der Waals surface area contributed by atoms with Gasteiger partial charge in [-0.3, -0.25) is 9.36 Å². The zero-order valence-corrected chi connectivity index (χ0v) is 45.7. The van der Waals surface area contributed by atoms with E-state index in [9.17, 15) is 19.4 Å². The summed E-state index contributed by atoms with van der Waals surface area (Å²) in [6.07, 6.45) is 64.8. The summed E-state index contributed by atoms with van der Waals surface area (Å²) in [5.41, 5.74) is 0. The summed E-state index contributed by atoms with van der Waals surface area (Å²) < 4.78 is 23.3. The number of carbonyl (C=O) groups is 1. The van der Waals surface area contributed by atoms with Crippen LogP contribution in [0.2, 0.25) is 0 Å². The molecule has 0 aromatic heterocycles. The Labute approximate surface area is 416 Å². The molecule has 0 aliphatic heterocycles. The number of phosphoric ester groups is 1. The van der Waals surface area contributed by atoms with Gasteiger partial charge in [0.1, 0.15) is 13.2 Å². The van der Waals surface area contributed by atoms with Crippen molar-refractivity contribution in [2.45, 2.75) is 276 Å². The van der Waals surface area contributed by atoms with E-state index in [4.69, 9.17) is 9.05 Å². The number of allylic oxidation sites excluding steroid dienone is 7. The van der Waals surface area contributed by atoms with Gasteiger partial charge in [0.2, 0.25) is 5.91 Å². The molecule has 0 aromatic rings. The Morgan fingerprint density at radius 2 is 0.836 bits per heavy atom. The minimum Gasteiger partial charge on any atom is -0.756 e. The van der Waals surface area contributed by atoms with Crippen LogP contribution in [0.4, 0.5) is 0 Å². The van der Waals surface area contributed by atoms with E-state index in [0.29, 0.717) is 17.4 Å². The second kappa shape index (κ2) is 49.4. The molecule has 0 bridgehead atoms. The zero-order valence-electron chi connectivity index (χ0n) is 44.9. The van der Waals surface area contributed by atoms with E-state index >= 15 is 0 Å². The Morgan fingerprint density at radius 3 is 1.21 bits per heavy atom. The number of aliphatic hydroxyl groups excluding tert-OH is 1. The number of amides is 1. The van der Waals surface area contributed by atoms with Crippen LogP contribution in [0, 0.1) is 0 Å². The van der Waals surface area contributed by atoms with E-state index in [1.807, 2.05) is 27.2 Å². The molecule has 67 heavy (non-hydrogen) atoms. The summed E-state index contributed by atoms with van der Waals surface area (Å²) in [6, 6.07) is -0.911. The Hall–Kier alpha value is -1.54. The van der Waals surface area contributed by atoms with Crippen LogP contribution >= 0.6 is 7.82 Å². The molecule has 394 valence electrons. The number of carbonyl (C=O) groups excluding carboxylic acids is 1. The average molecular weight is 964 g/mol. The number of hydrogen-bond acceptors (Lipinski definition) is 6. The molecule has 9 heteroatoms. The van der Waals surface area contributed by atoms with Gasteiger partial charge < -0.3 is 28.8 Å². The predicted molar refractivity (Wildman–Crippen MR) is 288 cm³/mol. The van der Waals surface area contributed by atoms with Crippen LogP contribution in [0.25, 0.3) is 0 Å². The molecule has 3 unspecified atom stereocenters. The summed E-state index contributed by atoms with van der Waals surface area (Å²) in [5.74, 6) is -0.211. The maximum atomic E-state index is 13.0. The molecule has 3 atom stereocenters. The smallest absolute Gasteiger partial charge is 0.268 e. The molecule has 0 heterocycles. The molecule has 0 aromatic carbocycles. The maximum Gasteiger partial charge on any atom is 0.268 e. The molecule has 0 aliphatic rings. The van der Waals surface area contributed by atoms with Crippen molar-refractivity contribution in [3.05, 3.63) is 48.6 Å². The highest BCUT2D eigenvalue weighted by Crippen LogP contribution is 2.38. The van der Waals surface area contributed by atoms with E-state index in [2.05, 4.69) is 55.6 Å². The summed E-state index contributed by atoms with van der Waals surface area (Å²) >= 11 is 0. The molecule has 0 fully saturated rings. The second-order valence-electron chi connectivity index (χ2n) is 20.6. The first kappa shape index (κ1) is 65.5. The van der Waals surface area contributed by atoms with Crippen LogP contribution in [-0.2, 0) is 18.4 Å².